The lowest BCUT2D eigenvalue weighted by Gasteiger charge is -2.44. The third-order valence-corrected chi connectivity index (χ3v) is 5.91. The molecule has 1 amide bonds. The first-order chi connectivity index (χ1) is 10.4. The largest absolute Gasteiger partial charge is 0.440 e. The van der Waals surface area contributed by atoms with Gasteiger partial charge in [0.15, 0.2) is 0 Å². The maximum absolute atomic E-state index is 12.4. The summed E-state index contributed by atoms with van der Waals surface area (Å²) in [6.07, 6.45) is 1.48. The van der Waals surface area contributed by atoms with E-state index < -0.39 is 11.1 Å². The molecule has 116 valence electrons. The minimum Gasteiger partial charge on any atom is -0.440 e. The Morgan fingerprint density at radius 3 is 2.86 bits per heavy atom. The molecule has 2 aliphatic rings. The topological polar surface area (TPSA) is 45.3 Å². The highest BCUT2D eigenvalue weighted by Crippen LogP contribution is 2.52. The summed E-state index contributed by atoms with van der Waals surface area (Å²) < 4.78 is 5.79. The van der Waals surface area contributed by atoms with E-state index in [1.807, 2.05) is 4.90 Å². The lowest BCUT2D eigenvalue weighted by molar-refractivity contribution is -0.00297. The van der Waals surface area contributed by atoms with E-state index in [0.29, 0.717) is 0 Å². The van der Waals surface area contributed by atoms with Gasteiger partial charge in [-0.3, -0.25) is 4.90 Å². The molecule has 4 heteroatoms. The molecule has 3 heterocycles. The number of benzene rings is 1. The molecule has 2 aromatic rings. The van der Waals surface area contributed by atoms with Crippen LogP contribution in [0.4, 0.5) is 4.79 Å². The Hall–Kier alpha value is -1.97. The summed E-state index contributed by atoms with van der Waals surface area (Å²) in [5.41, 5.74) is 3.97. The molecular weight excluding hydrogens is 276 g/mol. The second kappa shape index (κ2) is 4.06. The summed E-state index contributed by atoms with van der Waals surface area (Å²) in [5.74, 6) is 0. The van der Waals surface area contributed by atoms with Crippen LogP contribution in [0.3, 0.4) is 0 Å². The third kappa shape index (κ3) is 1.40. The van der Waals surface area contributed by atoms with E-state index in [1.165, 1.54) is 16.5 Å². The van der Waals surface area contributed by atoms with Crippen LogP contribution in [-0.4, -0.2) is 28.1 Å². The van der Waals surface area contributed by atoms with Crippen molar-refractivity contribution in [1.82, 2.24) is 9.88 Å². The number of carbonyl (C=O) groups is 1. The maximum Gasteiger partial charge on any atom is 0.411 e. The molecule has 0 bridgehead atoms. The molecule has 1 fully saturated rings. The Balaban J connectivity index is 2.02. The first kappa shape index (κ1) is 13.7. The van der Waals surface area contributed by atoms with E-state index in [1.54, 1.807) is 0 Å². The van der Waals surface area contributed by atoms with Gasteiger partial charge in [-0.1, -0.05) is 18.6 Å². The number of amides is 1. The molecule has 1 saturated heterocycles. The summed E-state index contributed by atoms with van der Waals surface area (Å²) in [6, 6.07) is 6.50. The molecule has 2 unspecified atom stereocenters. The molecule has 2 aliphatic heterocycles. The Morgan fingerprint density at radius 2 is 2.14 bits per heavy atom. The number of rotatable bonds is 1. The van der Waals surface area contributed by atoms with Gasteiger partial charge < -0.3 is 9.72 Å². The lowest BCUT2D eigenvalue weighted by Crippen LogP contribution is -2.55. The molecule has 1 aromatic carbocycles. The standard InChI is InChI=1S/C18H22N2O2/c1-5-17(3)18(4)15-12(8-9-20(18)16(21)22-17)13-10-11(2)6-7-14(13)19-15/h6-7,10,19H,5,8-9H2,1-4H3. The van der Waals surface area contributed by atoms with E-state index in [0.717, 1.165) is 30.6 Å². The Bertz CT molecular complexity index is 794. The zero-order valence-electron chi connectivity index (χ0n) is 13.6. The molecule has 22 heavy (non-hydrogen) atoms. The second-order valence-electron chi connectivity index (χ2n) is 6.95. The molecular formula is C18H22N2O2. The average Bonchev–Trinajstić information content (AvgIpc) is 2.94. The number of cyclic esters (lactones) is 1. The van der Waals surface area contributed by atoms with Crippen LogP contribution in [0.25, 0.3) is 10.9 Å². The van der Waals surface area contributed by atoms with E-state index in [4.69, 9.17) is 4.74 Å². The van der Waals surface area contributed by atoms with Crippen molar-refractivity contribution in [1.29, 1.82) is 0 Å². The minimum atomic E-state index is -0.505. The van der Waals surface area contributed by atoms with Crippen LogP contribution in [0, 0.1) is 6.92 Å². The highest BCUT2D eigenvalue weighted by Gasteiger charge is 2.62. The smallest absolute Gasteiger partial charge is 0.411 e. The van der Waals surface area contributed by atoms with Gasteiger partial charge in [-0.25, -0.2) is 4.79 Å². The Kier molecular flexibility index (Phi) is 2.52. The number of ether oxygens (including phenoxy) is 1. The quantitative estimate of drug-likeness (QED) is 0.868. The van der Waals surface area contributed by atoms with Crippen LogP contribution in [0.15, 0.2) is 18.2 Å². The van der Waals surface area contributed by atoms with E-state index in [-0.39, 0.29) is 6.09 Å². The molecule has 4 rings (SSSR count). The summed E-state index contributed by atoms with van der Waals surface area (Å²) in [6.45, 7) is 9.12. The van der Waals surface area contributed by atoms with Crippen LogP contribution >= 0.6 is 0 Å². The zero-order valence-corrected chi connectivity index (χ0v) is 13.6. The van der Waals surface area contributed by atoms with Crippen molar-refractivity contribution >= 4 is 17.0 Å². The van der Waals surface area contributed by atoms with Crippen LogP contribution in [0.2, 0.25) is 0 Å². The van der Waals surface area contributed by atoms with E-state index >= 15 is 0 Å². The number of nitrogens with one attached hydrogen (secondary N) is 1. The summed E-state index contributed by atoms with van der Waals surface area (Å²) in [4.78, 5) is 17.9. The molecule has 0 radical (unpaired) electrons. The van der Waals surface area contributed by atoms with Crippen molar-refractivity contribution in [2.75, 3.05) is 6.54 Å². The summed E-state index contributed by atoms with van der Waals surface area (Å²) in [5, 5.41) is 1.29. The molecule has 0 aliphatic carbocycles. The molecule has 2 atom stereocenters. The SMILES string of the molecule is CCC1(C)OC(=O)N2CCc3c([nH]c4ccc(C)cc34)C21C. The van der Waals surface area contributed by atoms with Gasteiger partial charge in [-0.05, 0) is 51.3 Å². The zero-order chi connectivity index (χ0) is 15.7. The van der Waals surface area contributed by atoms with Gasteiger partial charge in [0.25, 0.3) is 0 Å². The van der Waals surface area contributed by atoms with Gasteiger partial charge in [0.2, 0.25) is 0 Å². The van der Waals surface area contributed by atoms with Crippen molar-refractivity contribution in [3.05, 3.63) is 35.0 Å². The number of aromatic amines is 1. The van der Waals surface area contributed by atoms with Crippen molar-refractivity contribution in [2.24, 2.45) is 0 Å². The van der Waals surface area contributed by atoms with Crippen molar-refractivity contribution < 1.29 is 9.53 Å². The van der Waals surface area contributed by atoms with Crippen molar-refractivity contribution in [2.45, 2.75) is 51.7 Å². The van der Waals surface area contributed by atoms with E-state index in [2.05, 4.69) is 50.9 Å². The van der Waals surface area contributed by atoms with Crippen LogP contribution in [-0.2, 0) is 16.7 Å². The molecule has 4 nitrogen and oxygen atoms in total. The third-order valence-electron chi connectivity index (χ3n) is 5.91. The van der Waals surface area contributed by atoms with Crippen molar-refractivity contribution in [3.8, 4) is 0 Å². The molecule has 1 N–H and O–H groups in total. The fourth-order valence-corrected chi connectivity index (χ4v) is 4.21. The maximum atomic E-state index is 12.4. The number of nitrogens with zero attached hydrogens (tertiary/aromatic N) is 1. The number of H-pyrrole nitrogens is 1. The highest BCUT2D eigenvalue weighted by molar-refractivity contribution is 5.87. The monoisotopic (exact) mass is 298 g/mol. The van der Waals surface area contributed by atoms with Gasteiger partial charge in [-0.2, -0.15) is 0 Å². The highest BCUT2D eigenvalue weighted by atomic mass is 16.6. The van der Waals surface area contributed by atoms with Gasteiger partial charge in [-0.15, -0.1) is 0 Å². The lowest BCUT2D eigenvalue weighted by atomic mass is 9.74. The van der Waals surface area contributed by atoms with E-state index in [9.17, 15) is 4.79 Å². The number of fused-ring (bicyclic) bond motifs is 5. The molecule has 0 saturated carbocycles. The minimum absolute atomic E-state index is 0.188. The number of aryl methyl sites for hydroxylation is 1. The molecule has 0 spiro atoms. The fraction of sp³-hybridized carbons (Fsp3) is 0.500. The van der Waals surface area contributed by atoms with Gasteiger partial charge in [0, 0.05) is 23.1 Å². The second-order valence-corrected chi connectivity index (χ2v) is 6.95. The first-order valence-electron chi connectivity index (χ1n) is 8.03. The number of hydrogen-bond donors (Lipinski definition) is 1. The normalized spacial score (nSPS) is 30.4. The Morgan fingerprint density at radius 1 is 1.36 bits per heavy atom. The van der Waals surface area contributed by atoms with Gasteiger partial charge >= 0.3 is 6.09 Å². The number of hydrogen-bond acceptors (Lipinski definition) is 2. The summed E-state index contributed by atoms with van der Waals surface area (Å²) in [7, 11) is 0. The van der Waals surface area contributed by atoms with Crippen LogP contribution in [0.5, 0.6) is 0 Å². The summed E-state index contributed by atoms with van der Waals surface area (Å²) >= 11 is 0. The van der Waals surface area contributed by atoms with Crippen LogP contribution in [0.1, 0.15) is 44.0 Å². The van der Waals surface area contributed by atoms with Gasteiger partial charge in [0.05, 0.1) is 0 Å². The van der Waals surface area contributed by atoms with Gasteiger partial charge in [0.1, 0.15) is 11.1 Å². The fourth-order valence-electron chi connectivity index (χ4n) is 4.21. The first-order valence-corrected chi connectivity index (χ1v) is 8.03. The molecule has 1 aromatic heterocycles. The predicted molar refractivity (Wildman–Crippen MR) is 86.0 cm³/mol. The van der Waals surface area contributed by atoms with Crippen molar-refractivity contribution in [3.63, 3.8) is 0 Å². The Labute approximate surface area is 130 Å². The average molecular weight is 298 g/mol. The predicted octanol–water partition coefficient (Wildman–Crippen LogP) is 3.87. The number of aromatic nitrogens is 1. The van der Waals surface area contributed by atoms with Crippen LogP contribution < -0.4 is 0 Å². The number of carbonyl (C=O) groups excluding carboxylic acids is 1.